The van der Waals surface area contributed by atoms with Gasteiger partial charge in [0.05, 0.1) is 10.9 Å². The third-order valence-electron chi connectivity index (χ3n) is 4.81. The van der Waals surface area contributed by atoms with Gasteiger partial charge in [-0.05, 0) is 41.7 Å². The number of nitrogens with one attached hydrogen (secondary N) is 1. The van der Waals surface area contributed by atoms with Crippen LogP contribution in [0.1, 0.15) is 49.7 Å². The zero-order valence-electron chi connectivity index (χ0n) is 16.6. The van der Waals surface area contributed by atoms with Crippen molar-refractivity contribution in [3.63, 3.8) is 0 Å². The molecule has 27 heavy (non-hydrogen) atoms. The molecule has 3 rings (SSSR count). The lowest BCUT2D eigenvalue weighted by molar-refractivity contribution is 0.102. The topological polar surface area (TPSA) is 56.0 Å². The maximum absolute atomic E-state index is 12.8. The van der Waals surface area contributed by atoms with Gasteiger partial charge in [-0.2, -0.15) is 0 Å². The summed E-state index contributed by atoms with van der Waals surface area (Å²) in [7, 11) is 1.81. The molecule has 142 valence electrons. The molecule has 0 aliphatic heterocycles. The lowest BCUT2D eigenvalue weighted by Crippen LogP contribution is -2.21. The summed E-state index contributed by atoms with van der Waals surface area (Å²) in [5, 5.41) is 3.49. The Hall–Kier alpha value is -2.82. The van der Waals surface area contributed by atoms with E-state index in [0.717, 1.165) is 11.2 Å². The summed E-state index contributed by atoms with van der Waals surface area (Å²) in [4.78, 5) is 25.5. The van der Waals surface area contributed by atoms with Gasteiger partial charge in [0.1, 0.15) is 5.69 Å². The van der Waals surface area contributed by atoms with Crippen molar-refractivity contribution in [3.05, 3.63) is 64.2 Å². The van der Waals surface area contributed by atoms with Crippen LogP contribution in [0.3, 0.4) is 0 Å². The number of pyridine rings is 1. The predicted octanol–water partition coefficient (Wildman–Crippen LogP) is 4.37. The third-order valence-corrected chi connectivity index (χ3v) is 4.81. The van der Waals surface area contributed by atoms with E-state index in [4.69, 9.17) is 0 Å². The number of amides is 1. The van der Waals surface area contributed by atoms with Gasteiger partial charge in [-0.3, -0.25) is 9.59 Å². The Labute approximate surface area is 159 Å². The maximum Gasteiger partial charge on any atom is 0.272 e. The molecule has 0 bridgehead atoms. The number of carbonyl (C=O) groups is 1. The van der Waals surface area contributed by atoms with Crippen molar-refractivity contribution in [2.45, 2.75) is 40.2 Å². The molecule has 1 N–H and O–H groups in total. The molecule has 0 aliphatic rings. The fraction of sp³-hybridized carbons (Fsp3) is 0.364. The highest BCUT2D eigenvalue weighted by Gasteiger charge is 2.16. The van der Waals surface area contributed by atoms with E-state index in [-0.39, 0.29) is 11.5 Å². The molecule has 2 heterocycles. The Morgan fingerprint density at radius 1 is 1.07 bits per heavy atom. The molecule has 0 atom stereocenters. The van der Waals surface area contributed by atoms with E-state index in [0.29, 0.717) is 29.5 Å². The molecule has 1 amide bonds. The van der Waals surface area contributed by atoms with Crippen LogP contribution in [0, 0.1) is 5.92 Å². The molecule has 0 radical (unpaired) electrons. The summed E-state index contributed by atoms with van der Waals surface area (Å²) < 4.78 is 3.48. The van der Waals surface area contributed by atoms with Crippen LogP contribution < -0.4 is 10.9 Å². The first-order valence-electron chi connectivity index (χ1n) is 9.38. The summed E-state index contributed by atoms with van der Waals surface area (Å²) in [6.07, 6.45) is 1.80. The Bertz CT molecular complexity index is 1020. The van der Waals surface area contributed by atoms with E-state index in [1.54, 1.807) is 21.4 Å². The third kappa shape index (κ3) is 3.82. The van der Waals surface area contributed by atoms with Gasteiger partial charge in [0.25, 0.3) is 11.5 Å². The van der Waals surface area contributed by atoms with Crippen LogP contribution in [-0.2, 0) is 13.6 Å². The van der Waals surface area contributed by atoms with E-state index in [9.17, 15) is 9.59 Å². The van der Waals surface area contributed by atoms with Crippen molar-refractivity contribution >= 4 is 22.5 Å². The van der Waals surface area contributed by atoms with Gasteiger partial charge in [-0.1, -0.05) is 39.8 Å². The summed E-state index contributed by atoms with van der Waals surface area (Å²) in [6.45, 7) is 9.08. The zero-order chi connectivity index (χ0) is 19.7. The highest BCUT2D eigenvalue weighted by atomic mass is 16.2. The summed E-state index contributed by atoms with van der Waals surface area (Å²) in [5.74, 6) is 0.599. The molecule has 0 saturated heterocycles. The highest BCUT2D eigenvalue weighted by Crippen LogP contribution is 2.20. The van der Waals surface area contributed by atoms with Crippen molar-refractivity contribution in [1.29, 1.82) is 0 Å². The van der Waals surface area contributed by atoms with Crippen LogP contribution in [0.25, 0.3) is 10.9 Å². The molecule has 5 nitrogen and oxygen atoms in total. The quantitative estimate of drug-likeness (QED) is 0.730. The summed E-state index contributed by atoms with van der Waals surface area (Å²) in [5.41, 5.74) is 3.14. The van der Waals surface area contributed by atoms with E-state index in [2.05, 4.69) is 33.0 Å². The minimum absolute atomic E-state index is 0.0582. The standard InChI is InChI=1S/C22H27N3O2/c1-14(2)13-25-11-10-19-18(22(25)27)12-20(24(19)5)21(26)23-17-8-6-16(7-9-17)15(3)4/h6-12,14-15H,13H2,1-5H3,(H,23,26). The minimum Gasteiger partial charge on any atom is -0.339 e. The van der Waals surface area contributed by atoms with Gasteiger partial charge < -0.3 is 14.5 Å². The summed E-state index contributed by atoms with van der Waals surface area (Å²) in [6, 6.07) is 11.4. The van der Waals surface area contributed by atoms with E-state index in [1.165, 1.54) is 5.56 Å². The van der Waals surface area contributed by atoms with Gasteiger partial charge >= 0.3 is 0 Å². The van der Waals surface area contributed by atoms with Gasteiger partial charge in [0.15, 0.2) is 0 Å². The molecule has 0 aliphatic carbocycles. The number of anilines is 1. The number of benzene rings is 1. The molecule has 0 saturated carbocycles. The fourth-order valence-corrected chi connectivity index (χ4v) is 3.28. The molecule has 5 heteroatoms. The summed E-state index contributed by atoms with van der Waals surface area (Å²) >= 11 is 0. The fourth-order valence-electron chi connectivity index (χ4n) is 3.28. The number of hydrogen-bond donors (Lipinski definition) is 1. The van der Waals surface area contributed by atoms with Gasteiger partial charge in [0.2, 0.25) is 0 Å². The second kappa shape index (κ2) is 7.43. The Kier molecular flexibility index (Phi) is 5.22. The van der Waals surface area contributed by atoms with E-state index >= 15 is 0 Å². The number of nitrogens with zero attached hydrogens (tertiary/aromatic N) is 2. The number of fused-ring (bicyclic) bond motifs is 1. The van der Waals surface area contributed by atoms with Gasteiger partial charge in [0, 0.05) is 25.5 Å². The largest absolute Gasteiger partial charge is 0.339 e. The van der Waals surface area contributed by atoms with Crippen LogP contribution in [0.2, 0.25) is 0 Å². The lowest BCUT2D eigenvalue weighted by atomic mass is 10.0. The smallest absolute Gasteiger partial charge is 0.272 e. The minimum atomic E-state index is -0.221. The normalized spacial score (nSPS) is 11.5. The first-order valence-corrected chi connectivity index (χ1v) is 9.38. The second-order valence-electron chi connectivity index (χ2n) is 7.79. The Morgan fingerprint density at radius 2 is 1.74 bits per heavy atom. The van der Waals surface area contributed by atoms with Crippen LogP contribution in [0.5, 0.6) is 0 Å². The molecule has 0 spiro atoms. The van der Waals surface area contributed by atoms with Crippen molar-refractivity contribution < 1.29 is 4.79 Å². The van der Waals surface area contributed by atoms with Crippen molar-refractivity contribution in [3.8, 4) is 0 Å². The average Bonchev–Trinajstić information content (AvgIpc) is 2.95. The van der Waals surface area contributed by atoms with Gasteiger partial charge in [-0.25, -0.2) is 0 Å². The number of hydrogen-bond acceptors (Lipinski definition) is 2. The van der Waals surface area contributed by atoms with Gasteiger partial charge in [-0.15, -0.1) is 0 Å². The molecule has 2 aromatic heterocycles. The number of rotatable bonds is 5. The van der Waals surface area contributed by atoms with Crippen LogP contribution in [0.15, 0.2) is 47.4 Å². The Morgan fingerprint density at radius 3 is 2.33 bits per heavy atom. The first kappa shape index (κ1) is 19.0. The number of aromatic nitrogens is 2. The molecular weight excluding hydrogens is 338 g/mol. The van der Waals surface area contributed by atoms with Crippen LogP contribution in [-0.4, -0.2) is 15.0 Å². The van der Waals surface area contributed by atoms with Crippen molar-refractivity contribution in [1.82, 2.24) is 9.13 Å². The maximum atomic E-state index is 12.8. The molecule has 0 unspecified atom stereocenters. The molecule has 1 aromatic carbocycles. The SMILES string of the molecule is CC(C)Cn1ccc2c(cc(C(=O)Nc3ccc(C(C)C)cc3)n2C)c1=O. The second-order valence-corrected chi connectivity index (χ2v) is 7.79. The van der Waals surface area contributed by atoms with E-state index in [1.807, 2.05) is 37.4 Å². The number of carbonyl (C=O) groups excluding carboxylic acids is 1. The molecule has 3 aromatic rings. The van der Waals surface area contributed by atoms with E-state index < -0.39 is 0 Å². The van der Waals surface area contributed by atoms with Crippen LogP contribution in [0.4, 0.5) is 5.69 Å². The Balaban J connectivity index is 1.91. The van der Waals surface area contributed by atoms with Crippen LogP contribution >= 0.6 is 0 Å². The lowest BCUT2D eigenvalue weighted by Gasteiger charge is -2.09. The van der Waals surface area contributed by atoms with Crippen molar-refractivity contribution in [2.24, 2.45) is 13.0 Å². The number of aryl methyl sites for hydroxylation is 1. The highest BCUT2D eigenvalue weighted by molar-refractivity contribution is 6.06. The predicted molar refractivity (Wildman–Crippen MR) is 111 cm³/mol. The monoisotopic (exact) mass is 365 g/mol. The molecule has 0 fully saturated rings. The average molecular weight is 365 g/mol. The molecular formula is C22H27N3O2. The first-order chi connectivity index (χ1) is 12.8. The zero-order valence-corrected chi connectivity index (χ0v) is 16.6. The van der Waals surface area contributed by atoms with Crippen molar-refractivity contribution in [2.75, 3.05) is 5.32 Å².